The van der Waals surface area contributed by atoms with Crippen LogP contribution in [0.1, 0.15) is 16.2 Å². The van der Waals surface area contributed by atoms with E-state index in [9.17, 15) is 13.2 Å². The third-order valence-electron chi connectivity index (χ3n) is 2.62. The van der Waals surface area contributed by atoms with Gasteiger partial charge in [-0.15, -0.1) is 0 Å². The molecule has 0 fully saturated rings. The summed E-state index contributed by atoms with van der Waals surface area (Å²) in [6.45, 7) is 0. The Kier molecular flexibility index (Phi) is 4.59. The van der Waals surface area contributed by atoms with Gasteiger partial charge in [0.05, 0.1) is 17.5 Å². The minimum Gasteiger partial charge on any atom is -0.285 e. The molecule has 0 aliphatic carbocycles. The lowest BCUT2D eigenvalue weighted by Gasteiger charge is -2.17. The normalized spacial score (nSPS) is 11.3. The van der Waals surface area contributed by atoms with Crippen LogP contribution in [0.4, 0.5) is 5.82 Å². The lowest BCUT2D eigenvalue weighted by atomic mass is 10.2. The largest absolute Gasteiger partial charge is 0.285 e. The van der Waals surface area contributed by atoms with Gasteiger partial charge < -0.3 is 0 Å². The number of carbonyl (C=O) groups is 1. The molecule has 2 heterocycles. The molecular weight excluding hydrogens is 353 g/mol. The van der Waals surface area contributed by atoms with E-state index in [2.05, 4.69) is 19.9 Å². The third kappa shape index (κ3) is 3.32. The number of hydrogen-bond acceptors (Lipinski definition) is 7. The van der Waals surface area contributed by atoms with Crippen LogP contribution in [-0.2, 0) is 10.0 Å². The van der Waals surface area contributed by atoms with Crippen LogP contribution in [0.15, 0.2) is 18.6 Å². The number of carbonyl (C=O) groups excluding carboxylic acids is 1. The Balaban J connectivity index is 2.58. The standard InChI is InChI=1S/C11H9Cl2N5O3S/c1-18(22(2,20)21)10-8(14-3-4-15-10)9(19)7-6(12)5-16-11(13)17-7/h3-5H,1-2H3. The van der Waals surface area contributed by atoms with Gasteiger partial charge >= 0.3 is 0 Å². The molecule has 0 aliphatic heterocycles. The molecule has 0 atom stereocenters. The maximum atomic E-state index is 12.5. The molecule has 11 heteroatoms. The second kappa shape index (κ2) is 6.11. The van der Waals surface area contributed by atoms with E-state index in [1.165, 1.54) is 25.6 Å². The molecule has 0 unspecified atom stereocenters. The molecule has 8 nitrogen and oxygen atoms in total. The molecule has 2 rings (SSSR count). The van der Waals surface area contributed by atoms with E-state index in [0.717, 1.165) is 10.6 Å². The number of aromatic nitrogens is 4. The number of hydrogen-bond donors (Lipinski definition) is 0. The Morgan fingerprint density at radius 1 is 1.14 bits per heavy atom. The van der Waals surface area contributed by atoms with Crippen molar-refractivity contribution in [3.05, 3.63) is 40.3 Å². The van der Waals surface area contributed by atoms with Crippen LogP contribution in [0.2, 0.25) is 10.3 Å². The van der Waals surface area contributed by atoms with Gasteiger partial charge in [0.15, 0.2) is 11.5 Å². The van der Waals surface area contributed by atoms with Crippen molar-refractivity contribution in [2.45, 2.75) is 0 Å². The smallest absolute Gasteiger partial charge is 0.235 e. The zero-order valence-electron chi connectivity index (χ0n) is 11.4. The number of sulfonamides is 1. The van der Waals surface area contributed by atoms with Gasteiger partial charge in [0.2, 0.25) is 21.1 Å². The Hall–Kier alpha value is -1.84. The molecule has 0 amide bonds. The molecule has 2 aromatic heterocycles. The van der Waals surface area contributed by atoms with Crippen molar-refractivity contribution in [3.63, 3.8) is 0 Å². The summed E-state index contributed by atoms with van der Waals surface area (Å²) < 4.78 is 24.1. The fraction of sp³-hybridized carbons (Fsp3) is 0.182. The highest BCUT2D eigenvalue weighted by Gasteiger charge is 2.26. The van der Waals surface area contributed by atoms with Gasteiger partial charge in [-0.2, -0.15) is 0 Å². The third-order valence-corrected chi connectivity index (χ3v) is 4.25. The molecule has 0 bridgehead atoms. The summed E-state index contributed by atoms with van der Waals surface area (Å²) in [7, 11) is -2.37. The first-order chi connectivity index (χ1) is 10.2. The van der Waals surface area contributed by atoms with Crippen LogP contribution < -0.4 is 4.31 Å². The Labute approximate surface area is 136 Å². The summed E-state index contributed by atoms with van der Waals surface area (Å²) in [5.41, 5.74) is -0.405. The van der Waals surface area contributed by atoms with Crippen molar-refractivity contribution in [3.8, 4) is 0 Å². The van der Waals surface area contributed by atoms with Crippen LogP contribution >= 0.6 is 23.2 Å². The van der Waals surface area contributed by atoms with Crippen LogP contribution in [0.3, 0.4) is 0 Å². The second-order valence-electron chi connectivity index (χ2n) is 4.12. The first-order valence-corrected chi connectivity index (χ1v) is 8.30. The molecule has 0 saturated carbocycles. The fourth-order valence-electron chi connectivity index (χ4n) is 1.50. The van der Waals surface area contributed by atoms with Crippen molar-refractivity contribution in [2.75, 3.05) is 17.6 Å². The fourth-order valence-corrected chi connectivity index (χ4v) is 2.25. The molecule has 2 aromatic rings. The number of anilines is 1. The van der Waals surface area contributed by atoms with Crippen LogP contribution in [0, 0.1) is 0 Å². The van der Waals surface area contributed by atoms with Gasteiger partial charge in [-0.3, -0.25) is 9.10 Å². The van der Waals surface area contributed by atoms with Crippen LogP contribution in [0.25, 0.3) is 0 Å². The SMILES string of the molecule is CN(c1nccnc1C(=O)c1nc(Cl)ncc1Cl)S(C)(=O)=O. The molecule has 0 spiro atoms. The number of halogens is 2. The zero-order valence-corrected chi connectivity index (χ0v) is 13.7. The van der Waals surface area contributed by atoms with Gasteiger partial charge in [-0.1, -0.05) is 11.6 Å². The van der Waals surface area contributed by atoms with Gasteiger partial charge in [0, 0.05) is 19.4 Å². The second-order valence-corrected chi connectivity index (χ2v) is 6.88. The summed E-state index contributed by atoms with van der Waals surface area (Å²) >= 11 is 11.5. The first kappa shape index (κ1) is 16.5. The van der Waals surface area contributed by atoms with Crippen molar-refractivity contribution in [1.82, 2.24) is 19.9 Å². The summed E-state index contributed by atoms with van der Waals surface area (Å²) in [5.74, 6) is -0.853. The molecule has 116 valence electrons. The summed E-state index contributed by atoms with van der Waals surface area (Å²) in [6.07, 6.45) is 4.66. The maximum Gasteiger partial charge on any atom is 0.235 e. The average molecular weight is 362 g/mol. The summed E-state index contributed by atoms with van der Waals surface area (Å²) in [5, 5.41) is -0.206. The highest BCUT2D eigenvalue weighted by Crippen LogP contribution is 2.22. The lowest BCUT2D eigenvalue weighted by molar-refractivity contribution is 0.103. The molecule has 0 radical (unpaired) electrons. The van der Waals surface area contributed by atoms with Crippen molar-refractivity contribution < 1.29 is 13.2 Å². The summed E-state index contributed by atoms with van der Waals surface area (Å²) in [4.78, 5) is 27.7. The van der Waals surface area contributed by atoms with Crippen LogP contribution in [-0.4, -0.2) is 47.4 Å². The molecule has 0 aliphatic rings. The van der Waals surface area contributed by atoms with Crippen molar-refractivity contribution in [1.29, 1.82) is 0 Å². The first-order valence-electron chi connectivity index (χ1n) is 5.69. The topological polar surface area (TPSA) is 106 Å². The van der Waals surface area contributed by atoms with Gasteiger partial charge in [0.1, 0.15) is 5.69 Å². The lowest BCUT2D eigenvalue weighted by Crippen LogP contribution is -2.28. The van der Waals surface area contributed by atoms with E-state index in [1.807, 2.05) is 0 Å². The number of rotatable bonds is 4. The molecular formula is C11H9Cl2N5O3S. The zero-order chi connectivity index (χ0) is 16.5. The predicted molar refractivity (Wildman–Crippen MR) is 80.8 cm³/mol. The quantitative estimate of drug-likeness (QED) is 0.594. The Morgan fingerprint density at radius 2 is 1.77 bits per heavy atom. The highest BCUT2D eigenvalue weighted by molar-refractivity contribution is 7.92. The van der Waals surface area contributed by atoms with E-state index in [4.69, 9.17) is 23.2 Å². The maximum absolute atomic E-state index is 12.5. The monoisotopic (exact) mass is 361 g/mol. The summed E-state index contributed by atoms with van der Waals surface area (Å²) in [6, 6.07) is 0. The minimum atomic E-state index is -3.63. The molecule has 0 saturated heterocycles. The van der Waals surface area contributed by atoms with Crippen LogP contribution in [0.5, 0.6) is 0 Å². The Bertz CT molecular complexity index is 843. The predicted octanol–water partition coefficient (Wildman–Crippen LogP) is 1.20. The van der Waals surface area contributed by atoms with E-state index in [1.54, 1.807) is 0 Å². The minimum absolute atomic E-state index is 0.0342. The van der Waals surface area contributed by atoms with E-state index in [-0.39, 0.29) is 27.5 Å². The van der Waals surface area contributed by atoms with Crippen molar-refractivity contribution in [2.24, 2.45) is 0 Å². The van der Waals surface area contributed by atoms with E-state index >= 15 is 0 Å². The number of nitrogens with zero attached hydrogens (tertiary/aromatic N) is 5. The molecule has 0 aromatic carbocycles. The molecule has 22 heavy (non-hydrogen) atoms. The van der Waals surface area contributed by atoms with Gasteiger partial charge in [-0.25, -0.2) is 28.4 Å². The Morgan fingerprint density at radius 3 is 2.41 bits per heavy atom. The van der Waals surface area contributed by atoms with E-state index < -0.39 is 15.8 Å². The molecule has 0 N–H and O–H groups in total. The van der Waals surface area contributed by atoms with Gasteiger partial charge in [-0.05, 0) is 11.6 Å². The van der Waals surface area contributed by atoms with Gasteiger partial charge in [0.25, 0.3) is 0 Å². The van der Waals surface area contributed by atoms with Crippen molar-refractivity contribution >= 4 is 44.8 Å². The van der Waals surface area contributed by atoms with E-state index in [0.29, 0.717) is 0 Å². The number of ketones is 1. The highest BCUT2D eigenvalue weighted by atomic mass is 35.5. The average Bonchev–Trinajstić information content (AvgIpc) is 2.47.